The summed E-state index contributed by atoms with van der Waals surface area (Å²) in [6.45, 7) is 5.03. The van der Waals surface area contributed by atoms with E-state index in [0.29, 0.717) is 30.6 Å². The Morgan fingerprint density at radius 3 is 2.46 bits per heavy atom. The summed E-state index contributed by atoms with van der Waals surface area (Å²) < 4.78 is 14.8. The van der Waals surface area contributed by atoms with Crippen LogP contribution in [-0.2, 0) is 0 Å². The molecule has 1 N–H and O–H groups in total. The van der Waals surface area contributed by atoms with E-state index < -0.39 is 0 Å². The zero-order valence-electron chi connectivity index (χ0n) is 15.4. The Kier molecular flexibility index (Phi) is 3.88. The van der Waals surface area contributed by atoms with Crippen molar-refractivity contribution in [1.82, 2.24) is 24.7 Å². The van der Waals surface area contributed by atoms with E-state index in [4.69, 9.17) is 0 Å². The average molecular weight is 381 g/mol. The molecule has 2 fully saturated rings. The van der Waals surface area contributed by atoms with Gasteiger partial charge in [0.15, 0.2) is 11.5 Å². The Morgan fingerprint density at radius 1 is 1.04 bits per heavy atom. The van der Waals surface area contributed by atoms with Gasteiger partial charge in [-0.2, -0.15) is 4.52 Å². The summed E-state index contributed by atoms with van der Waals surface area (Å²) in [5.74, 6) is 2.19. The molecule has 2 aliphatic heterocycles. The van der Waals surface area contributed by atoms with Crippen molar-refractivity contribution in [3.63, 3.8) is 0 Å². The number of nitrogens with zero attached hydrogens (tertiary/aromatic N) is 6. The van der Waals surface area contributed by atoms with Gasteiger partial charge in [-0.1, -0.05) is 0 Å². The minimum absolute atomic E-state index is 0.132. The van der Waals surface area contributed by atoms with Crippen molar-refractivity contribution in [2.45, 2.75) is 6.92 Å². The van der Waals surface area contributed by atoms with Crippen LogP contribution in [0.3, 0.4) is 0 Å². The Hall–Kier alpha value is -3.23. The highest BCUT2D eigenvalue weighted by Gasteiger charge is 2.42. The Morgan fingerprint density at radius 2 is 1.75 bits per heavy atom. The fourth-order valence-electron chi connectivity index (χ4n) is 4.14. The number of hydrogen-bond donors (Lipinski definition) is 1. The molecule has 9 heteroatoms. The molecule has 2 aliphatic rings. The van der Waals surface area contributed by atoms with Crippen molar-refractivity contribution in [3.8, 4) is 0 Å². The number of hydrogen-bond acceptors (Lipinski definition) is 5. The maximum absolute atomic E-state index is 13.0. The number of nitrogens with one attached hydrogen (secondary N) is 1. The molecule has 0 bridgehead atoms. The maximum atomic E-state index is 13.0. The van der Waals surface area contributed by atoms with Crippen molar-refractivity contribution in [2.24, 2.45) is 11.8 Å². The normalized spacial score (nSPS) is 21.4. The van der Waals surface area contributed by atoms with Gasteiger partial charge < -0.3 is 15.1 Å². The molecule has 0 spiro atoms. The van der Waals surface area contributed by atoms with E-state index in [0.717, 1.165) is 30.4 Å². The molecule has 2 atom stereocenters. The number of likely N-dealkylation sites (tertiary alicyclic amines) is 1. The maximum Gasteiger partial charge on any atom is 0.321 e. The van der Waals surface area contributed by atoms with Crippen LogP contribution in [0.15, 0.2) is 36.4 Å². The molecule has 0 aliphatic carbocycles. The smallest absolute Gasteiger partial charge is 0.321 e. The topological polar surface area (TPSA) is 78.7 Å². The highest BCUT2D eigenvalue weighted by atomic mass is 19.1. The second kappa shape index (κ2) is 6.43. The van der Waals surface area contributed by atoms with Crippen LogP contribution in [0.5, 0.6) is 0 Å². The lowest BCUT2D eigenvalue weighted by molar-refractivity contribution is 0.219. The number of benzene rings is 1. The van der Waals surface area contributed by atoms with Gasteiger partial charge in [-0.15, -0.1) is 15.3 Å². The Labute approximate surface area is 161 Å². The summed E-state index contributed by atoms with van der Waals surface area (Å²) in [5, 5.41) is 15.6. The SMILES string of the molecule is Cc1nnc2ccc(N3CC4CN(C(=O)Nc5ccc(F)cc5)CC4C3)nn12. The molecule has 4 heterocycles. The lowest BCUT2D eigenvalue weighted by Gasteiger charge is -2.22. The van der Waals surface area contributed by atoms with Crippen LogP contribution in [0.1, 0.15) is 5.82 Å². The van der Waals surface area contributed by atoms with Gasteiger partial charge in [-0.05, 0) is 43.3 Å². The van der Waals surface area contributed by atoms with Crippen LogP contribution in [0.2, 0.25) is 0 Å². The number of anilines is 2. The van der Waals surface area contributed by atoms with E-state index >= 15 is 0 Å². The number of carbonyl (C=O) groups excluding carboxylic acids is 1. The van der Waals surface area contributed by atoms with E-state index in [1.807, 2.05) is 24.0 Å². The summed E-state index contributed by atoms with van der Waals surface area (Å²) in [5.41, 5.74) is 1.34. The number of rotatable bonds is 2. The Balaban J connectivity index is 1.23. The van der Waals surface area contributed by atoms with Gasteiger partial charge in [0.2, 0.25) is 0 Å². The van der Waals surface area contributed by atoms with E-state index in [1.54, 1.807) is 16.6 Å². The Bertz CT molecular complexity index is 1020. The van der Waals surface area contributed by atoms with Gasteiger partial charge in [-0.3, -0.25) is 0 Å². The zero-order chi connectivity index (χ0) is 19.3. The largest absolute Gasteiger partial charge is 0.354 e. The summed E-state index contributed by atoms with van der Waals surface area (Å²) in [6, 6.07) is 9.59. The first-order chi connectivity index (χ1) is 13.6. The minimum Gasteiger partial charge on any atom is -0.354 e. The zero-order valence-corrected chi connectivity index (χ0v) is 15.4. The molecule has 8 nitrogen and oxygen atoms in total. The molecule has 0 saturated carbocycles. The fourth-order valence-corrected chi connectivity index (χ4v) is 4.14. The lowest BCUT2D eigenvalue weighted by atomic mass is 10.0. The monoisotopic (exact) mass is 381 g/mol. The van der Waals surface area contributed by atoms with Crippen LogP contribution in [-0.4, -0.2) is 56.9 Å². The van der Waals surface area contributed by atoms with E-state index in [9.17, 15) is 9.18 Å². The number of aromatic nitrogens is 4. The van der Waals surface area contributed by atoms with E-state index in [1.165, 1.54) is 12.1 Å². The highest BCUT2D eigenvalue weighted by Crippen LogP contribution is 2.33. The molecule has 144 valence electrons. The third-order valence-corrected chi connectivity index (χ3v) is 5.60. The number of aryl methyl sites for hydroxylation is 1. The molecular weight excluding hydrogens is 361 g/mol. The van der Waals surface area contributed by atoms with Crippen LogP contribution in [0, 0.1) is 24.6 Å². The van der Waals surface area contributed by atoms with E-state index in [2.05, 4.69) is 25.5 Å². The predicted octanol–water partition coefficient (Wildman–Crippen LogP) is 2.17. The molecule has 2 amide bonds. The molecule has 0 radical (unpaired) electrons. The van der Waals surface area contributed by atoms with Crippen molar-refractivity contribution in [3.05, 3.63) is 48.0 Å². The van der Waals surface area contributed by atoms with Gasteiger partial charge in [0, 0.05) is 43.7 Å². The minimum atomic E-state index is -0.317. The third-order valence-electron chi connectivity index (χ3n) is 5.60. The molecule has 28 heavy (non-hydrogen) atoms. The van der Waals surface area contributed by atoms with Crippen LogP contribution in [0.4, 0.5) is 20.7 Å². The third kappa shape index (κ3) is 2.92. The first-order valence-electron chi connectivity index (χ1n) is 9.32. The molecule has 2 unspecified atom stereocenters. The predicted molar refractivity (Wildman–Crippen MR) is 102 cm³/mol. The molecule has 5 rings (SSSR count). The van der Waals surface area contributed by atoms with Crippen molar-refractivity contribution in [2.75, 3.05) is 36.4 Å². The molecule has 3 aromatic rings. The van der Waals surface area contributed by atoms with Gasteiger partial charge >= 0.3 is 6.03 Å². The van der Waals surface area contributed by atoms with E-state index in [-0.39, 0.29) is 11.8 Å². The summed E-state index contributed by atoms with van der Waals surface area (Å²) in [6.07, 6.45) is 0. The van der Waals surface area contributed by atoms with Crippen LogP contribution < -0.4 is 10.2 Å². The lowest BCUT2D eigenvalue weighted by Crippen LogP contribution is -2.36. The summed E-state index contributed by atoms with van der Waals surface area (Å²) in [7, 11) is 0. The summed E-state index contributed by atoms with van der Waals surface area (Å²) >= 11 is 0. The van der Waals surface area contributed by atoms with Crippen molar-refractivity contribution >= 4 is 23.2 Å². The molecular formula is C19H20FN7O. The van der Waals surface area contributed by atoms with Crippen molar-refractivity contribution < 1.29 is 9.18 Å². The second-order valence-corrected chi connectivity index (χ2v) is 7.48. The number of urea groups is 1. The van der Waals surface area contributed by atoms with Crippen LogP contribution >= 0.6 is 0 Å². The second-order valence-electron chi connectivity index (χ2n) is 7.48. The standard InChI is InChI=1S/C19H20FN7O/c1-12-22-23-17-6-7-18(24-27(12)17)25-8-13-10-26(11-14(13)9-25)19(28)21-16-4-2-15(20)3-5-16/h2-7,13-14H,8-11H2,1H3,(H,21,28). The van der Waals surface area contributed by atoms with Gasteiger partial charge in [0.05, 0.1) is 0 Å². The molecule has 1 aromatic carbocycles. The van der Waals surface area contributed by atoms with Gasteiger partial charge in [0.1, 0.15) is 11.6 Å². The van der Waals surface area contributed by atoms with Crippen LogP contribution in [0.25, 0.3) is 5.65 Å². The first-order valence-corrected chi connectivity index (χ1v) is 9.32. The summed E-state index contributed by atoms with van der Waals surface area (Å²) in [4.78, 5) is 16.6. The highest BCUT2D eigenvalue weighted by molar-refractivity contribution is 5.89. The van der Waals surface area contributed by atoms with Gasteiger partial charge in [0.25, 0.3) is 0 Å². The number of carbonyl (C=O) groups is 1. The number of fused-ring (bicyclic) bond motifs is 2. The average Bonchev–Trinajstić information content (AvgIpc) is 3.37. The quantitative estimate of drug-likeness (QED) is 0.736. The number of amides is 2. The first kappa shape index (κ1) is 16.9. The fraction of sp³-hybridized carbons (Fsp3) is 0.368. The van der Waals surface area contributed by atoms with Gasteiger partial charge in [-0.25, -0.2) is 9.18 Å². The molecule has 2 aromatic heterocycles. The molecule has 2 saturated heterocycles. The van der Waals surface area contributed by atoms with Crippen molar-refractivity contribution in [1.29, 1.82) is 0 Å². The number of halogens is 1.